The van der Waals surface area contributed by atoms with Crippen molar-refractivity contribution in [2.75, 3.05) is 13.1 Å². The molecule has 0 aliphatic carbocycles. The minimum Gasteiger partial charge on any atom is -0.328 e. The highest BCUT2D eigenvalue weighted by atomic mass is 79.9. The number of benzene rings is 1. The van der Waals surface area contributed by atoms with Crippen molar-refractivity contribution in [2.24, 2.45) is 11.7 Å². The summed E-state index contributed by atoms with van der Waals surface area (Å²) in [4.78, 5) is 0.232. The van der Waals surface area contributed by atoms with E-state index in [4.69, 9.17) is 17.3 Å². The number of nitrogens with zero attached hydrogens (tertiary/aromatic N) is 1. The summed E-state index contributed by atoms with van der Waals surface area (Å²) in [5.41, 5.74) is 5.91. The predicted molar refractivity (Wildman–Crippen MR) is 91.5 cm³/mol. The lowest BCUT2D eigenvalue weighted by Crippen LogP contribution is -2.44. The first-order chi connectivity index (χ1) is 9.32. The van der Waals surface area contributed by atoms with Crippen molar-refractivity contribution in [1.29, 1.82) is 0 Å². The smallest absolute Gasteiger partial charge is 0.243 e. The van der Waals surface area contributed by atoms with Gasteiger partial charge >= 0.3 is 0 Å². The average molecular weight is 418 g/mol. The van der Waals surface area contributed by atoms with Crippen LogP contribution in [0, 0.1) is 5.92 Å². The van der Waals surface area contributed by atoms with E-state index in [1.54, 1.807) is 12.1 Å². The van der Waals surface area contributed by atoms with Crippen LogP contribution >= 0.6 is 39.9 Å². The molecule has 120 valence electrons. The van der Waals surface area contributed by atoms with Crippen LogP contribution in [0.15, 0.2) is 27.6 Å². The van der Waals surface area contributed by atoms with Crippen LogP contribution in [0.4, 0.5) is 0 Å². The fourth-order valence-corrected chi connectivity index (χ4v) is 4.46. The van der Waals surface area contributed by atoms with Gasteiger partial charge in [0.2, 0.25) is 10.0 Å². The molecule has 2 rings (SSSR count). The van der Waals surface area contributed by atoms with Crippen molar-refractivity contribution in [3.05, 3.63) is 27.7 Å². The van der Waals surface area contributed by atoms with Gasteiger partial charge in [-0.25, -0.2) is 8.42 Å². The fraction of sp³-hybridized carbons (Fsp3) is 0.538. The minimum atomic E-state index is -3.50. The topological polar surface area (TPSA) is 63.4 Å². The summed E-state index contributed by atoms with van der Waals surface area (Å²) in [6, 6.07) is 4.71. The quantitative estimate of drug-likeness (QED) is 0.820. The Labute approximate surface area is 145 Å². The summed E-state index contributed by atoms with van der Waals surface area (Å²) in [6.07, 6.45) is 1.82. The van der Waals surface area contributed by atoms with E-state index in [0.29, 0.717) is 22.6 Å². The highest BCUT2D eigenvalue weighted by Crippen LogP contribution is 2.29. The van der Waals surface area contributed by atoms with E-state index in [2.05, 4.69) is 15.9 Å². The molecular weight excluding hydrogens is 399 g/mol. The maximum atomic E-state index is 12.6. The van der Waals surface area contributed by atoms with Crippen LogP contribution in [0.2, 0.25) is 5.02 Å². The van der Waals surface area contributed by atoms with Gasteiger partial charge in [-0.2, -0.15) is 4.31 Å². The lowest BCUT2D eigenvalue weighted by atomic mass is 9.93. The van der Waals surface area contributed by atoms with Crippen molar-refractivity contribution in [3.63, 3.8) is 0 Å². The lowest BCUT2D eigenvalue weighted by molar-refractivity contribution is 0.243. The van der Waals surface area contributed by atoms with Gasteiger partial charge < -0.3 is 5.73 Å². The monoisotopic (exact) mass is 416 g/mol. The van der Waals surface area contributed by atoms with Crippen molar-refractivity contribution in [2.45, 2.75) is 30.7 Å². The van der Waals surface area contributed by atoms with Crippen LogP contribution < -0.4 is 5.73 Å². The van der Waals surface area contributed by atoms with E-state index in [0.717, 1.165) is 12.8 Å². The van der Waals surface area contributed by atoms with Gasteiger partial charge in [0.25, 0.3) is 0 Å². The first-order valence-electron chi connectivity index (χ1n) is 6.53. The van der Waals surface area contributed by atoms with Crippen LogP contribution in [0.3, 0.4) is 0 Å². The summed E-state index contributed by atoms with van der Waals surface area (Å²) in [5.74, 6) is 0.212. The predicted octanol–water partition coefficient (Wildman–Crippen LogP) is 3.27. The number of sulfonamides is 1. The summed E-state index contributed by atoms with van der Waals surface area (Å²) in [6.45, 7) is 2.95. The molecule has 0 bridgehead atoms. The Hall–Kier alpha value is 0.150. The van der Waals surface area contributed by atoms with Gasteiger partial charge in [0, 0.05) is 23.6 Å². The normalized spacial score (nSPS) is 21.6. The maximum absolute atomic E-state index is 12.6. The zero-order valence-electron chi connectivity index (χ0n) is 11.6. The Morgan fingerprint density at radius 3 is 2.71 bits per heavy atom. The van der Waals surface area contributed by atoms with Gasteiger partial charge in [0.1, 0.15) is 0 Å². The van der Waals surface area contributed by atoms with Crippen LogP contribution in [-0.2, 0) is 10.0 Å². The second kappa shape index (κ2) is 7.62. The Kier molecular flexibility index (Phi) is 6.96. The van der Waals surface area contributed by atoms with Crippen LogP contribution in [0.5, 0.6) is 0 Å². The second-order valence-electron chi connectivity index (χ2n) is 5.20. The molecule has 0 spiro atoms. The number of rotatable bonds is 3. The summed E-state index contributed by atoms with van der Waals surface area (Å²) in [5, 5.41) is 0.395. The number of hydrogen-bond acceptors (Lipinski definition) is 3. The van der Waals surface area contributed by atoms with Gasteiger partial charge in [-0.3, -0.25) is 0 Å². The standard InChI is InChI=1S/C13H18BrClN2O2S.ClH/c1-9(16)10-3-2-6-17(8-10)20(18,19)11-4-5-12(14)13(15)7-11;/h4-5,7,9-10H,2-3,6,8,16H2,1H3;1H. The zero-order valence-corrected chi connectivity index (χ0v) is 15.6. The third kappa shape index (κ3) is 4.33. The molecule has 1 aliphatic rings. The van der Waals surface area contributed by atoms with Crippen LogP contribution in [0.25, 0.3) is 0 Å². The van der Waals surface area contributed by atoms with E-state index in [1.165, 1.54) is 10.4 Å². The van der Waals surface area contributed by atoms with Crippen molar-refractivity contribution >= 4 is 50.0 Å². The highest BCUT2D eigenvalue weighted by molar-refractivity contribution is 9.10. The molecule has 4 nitrogen and oxygen atoms in total. The van der Waals surface area contributed by atoms with Crippen LogP contribution in [0.1, 0.15) is 19.8 Å². The molecule has 2 atom stereocenters. The van der Waals surface area contributed by atoms with Crippen LogP contribution in [-0.4, -0.2) is 31.9 Å². The van der Waals surface area contributed by atoms with E-state index in [-0.39, 0.29) is 29.3 Å². The minimum absolute atomic E-state index is 0. The van der Waals surface area contributed by atoms with Crippen molar-refractivity contribution < 1.29 is 8.42 Å². The molecule has 8 heteroatoms. The molecule has 1 saturated heterocycles. The lowest BCUT2D eigenvalue weighted by Gasteiger charge is -2.33. The first-order valence-corrected chi connectivity index (χ1v) is 9.14. The fourth-order valence-electron chi connectivity index (χ4n) is 2.41. The van der Waals surface area contributed by atoms with Gasteiger partial charge in [0.15, 0.2) is 0 Å². The van der Waals surface area contributed by atoms with Gasteiger partial charge in [-0.15, -0.1) is 12.4 Å². The second-order valence-corrected chi connectivity index (χ2v) is 8.40. The molecule has 2 N–H and O–H groups in total. The molecule has 1 aromatic carbocycles. The summed E-state index contributed by atoms with van der Waals surface area (Å²) < 4.78 is 27.5. The molecule has 2 unspecified atom stereocenters. The molecule has 0 aromatic heterocycles. The van der Waals surface area contributed by atoms with E-state index in [9.17, 15) is 8.42 Å². The maximum Gasteiger partial charge on any atom is 0.243 e. The Morgan fingerprint density at radius 2 is 2.14 bits per heavy atom. The number of halogens is 3. The van der Waals surface area contributed by atoms with E-state index < -0.39 is 10.0 Å². The third-order valence-electron chi connectivity index (χ3n) is 3.69. The van der Waals surface area contributed by atoms with Gasteiger partial charge in [0.05, 0.1) is 9.92 Å². The summed E-state index contributed by atoms with van der Waals surface area (Å²) in [7, 11) is -3.50. The Bertz CT molecular complexity index is 596. The molecule has 1 heterocycles. The number of nitrogens with two attached hydrogens (primary N) is 1. The third-order valence-corrected chi connectivity index (χ3v) is 6.79. The van der Waals surface area contributed by atoms with E-state index >= 15 is 0 Å². The van der Waals surface area contributed by atoms with Crippen molar-refractivity contribution in [1.82, 2.24) is 4.31 Å². The Morgan fingerprint density at radius 1 is 1.48 bits per heavy atom. The zero-order chi connectivity index (χ0) is 14.9. The Balaban J connectivity index is 0.00000220. The highest BCUT2D eigenvalue weighted by Gasteiger charge is 2.31. The molecule has 0 amide bonds. The van der Waals surface area contributed by atoms with Crippen molar-refractivity contribution in [3.8, 4) is 0 Å². The molecule has 0 saturated carbocycles. The summed E-state index contributed by atoms with van der Waals surface area (Å²) >= 11 is 9.25. The number of piperidine rings is 1. The molecule has 1 aromatic rings. The largest absolute Gasteiger partial charge is 0.328 e. The molecule has 1 aliphatic heterocycles. The molecule has 0 radical (unpaired) electrons. The number of hydrogen-bond donors (Lipinski definition) is 1. The molecule has 21 heavy (non-hydrogen) atoms. The van der Waals surface area contributed by atoms with E-state index in [1.807, 2.05) is 6.92 Å². The SMILES string of the molecule is CC(N)C1CCCN(S(=O)(=O)c2ccc(Br)c(Cl)c2)C1.Cl. The van der Waals surface area contributed by atoms with Gasteiger partial charge in [-0.05, 0) is 59.8 Å². The molecule has 1 fully saturated rings. The average Bonchev–Trinajstić information content (AvgIpc) is 2.42. The molecular formula is C13H19BrCl2N2O2S. The van der Waals surface area contributed by atoms with Gasteiger partial charge in [-0.1, -0.05) is 11.6 Å². The first kappa shape index (κ1) is 19.2.